The Morgan fingerprint density at radius 1 is 1.04 bits per heavy atom. The van der Waals surface area contributed by atoms with Crippen LogP contribution < -0.4 is 14.8 Å². The van der Waals surface area contributed by atoms with E-state index in [9.17, 15) is 14.7 Å². The van der Waals surface area contributed by atoms with Gasteiger partial charge in [0.15, 0.2) is 0 Å². The topological polar surface area (TPSA) is 84.9 Å². The number of amides is 1. The number of ether oxygens (including phenoxy) is 2. The highest BCUT2D eigenvalue weighted by molar-refractivity contribution is 5.81. The summed E-state index contributed by atoms with van der Waals surface area (Å²) in [6, 6.07) is 8.47. The van der Waals surface area contributed by atoms with E-state index < -0.39 is 12.0 Å². The Morgan fingerprint density at radius 3 is 2.21 bits per heavy atom. The van der Waals surface area contributed by atoms with Crippen LogP contribution in [0.2, 0.25) is 0 Å². The summed E-state index contributed by atoms with van der Waals surface area (Å²) >= 11 is 0. The van der Waals surface area contributed by atoms with E-state index in [2.05, 4.69) is 5.32 Å². The molecule has 2 N–H and O–H groups in total. The van der Waals surface area contributed by atoms with Crippen LogP contribution in [0, 0.1) is 20.8 Å². The lowest BCUT2D eigenvalue weighted by atomic mass is 9.96. The first-order valence-electron chi connectivity index (χ1n) is 9.05. The number of nitrogens with one attached hydrogen (secondary N) is 1. The summed E-state index contributed by atoms with van der Waals surface area (Å²) in [5.74, 6) is -0.189. The van der Waals surface area contributed by atoms with Crippen LogP contribution in [-0.2, 0) is 16.0 Å². The standard InChI is InChI=1S/C22H27NO5/c1-13-8-14(2)18(15(3)9-13)11-21(24)23-19(12-22(25)26)17-7-6-16(27-4)10-20(17)28-5/h6-10,19H,11-12H2,1-5H3,(H,23,24)(H,25,26). The van der Waals surface area contributed by atoms with Crippen molar-refractivity contribution in [2.45, 2.75) is 39.7 Å². The summed E-state index contributed by atoms with van der Waals surface area (Å²) in [6.07, 6.45) is -0.0627. The van der Waals surface area contributed by atoms with Crippen molar-refractivity contribution < 1.29 is 24.2 Å². The van der Waals surface area contributed by atoms with Gasteiger partial charge in [-0.25, -0.2) is 0 Å². The van der Waals surface area contributed by atoms with Gasteiger partial charge in [0.05, 0.1) is 33.1 Å². The molecule has 0 spiro atoms. The molecule has 0 aliphatic heterocycles. The second kappa shape index (κ2) is 9.26. The van der Waals surface area contributed by atoms with Gasteiger partial charge in [-0.15, -0.1) is 0 Å². The molecule has 0 heterocycles. The summed E-state index contributed by atoms with van der Waals surface area (Å²) in [7, 11) is 3.04. The number of carbonyl (C=O) groups is 2. The molecule has 0 saturated carbocycles. The molecule has 150 valence electrons. The zero-order valence-electron chi connectivity index (χ0n) is 17.0. The molecule has 1 atom stereocenters. The smallest absolute Gasteiger partial charge is 0.305 e. The molecule has 2 aromatic rings. The van der Waals surface area contributed by atoms with Gasteiger partial charge >= 0.3 is 5.97 Å². The molecule has 0 fully saturated rings. The highest BCUT2D eigenvalue weighted by atomic mass is 16.5. The third kappa shape index (κ3) is 5.25. The maximum Gasteiger partial charge on any atom is 0.305 e. The number of benzene rings is 2. The van der Waals surface area contributed by atoms with Crippen molar-refractivity contribution >= 4 is 11.9 Å². The number of methoxy groups -OCH3 is 2. The first kappa shape index (κ1) is 21.3. The van der Waals surface area contributed by atoms with Crippen molar-refractivity contribution in [1.82, 2.24) is 5.32 Å². The lowest BCUT2D eigenvalue weighted by molar-refractivity contribution is -0.137. The van der Waals surface area contributed by atoms with E-state index in [0.29, 0.717) is 17.1 Å². The summed E-state index contributed by atoms with van der Waals surface area (Å²) in [5.41, 5.74) is 4.79. The summed E-state index contributed by atoms with van der Waals surface area (Å²) in [4.78, 5) is 24.1. The van der Waals surface area contributed by atoms with Crippen molar-refractivity contribution in [1.29, 1.82) is 0 Å². The Balaban J connectivity index is 2.28. The van der Waals surface area contributed by atoms with E-state index in [1.807, 2.05) is 32.9 Å². The normalized spacial score (nSPS) is 11.6. The Labute approximate surface area is 165 Å². The van der Waals surface area contributed by atoms with E-state index >= 15 is 0 Å². The predicted molar refractivity (Wildman–Crippen MR) is 107 cm³/mol. The monoisotopic (exact) mass is 385 g/mol. The second-order valence-corrected chi connectivity index (χ2v) is 6.88. The molecule has 2 rings (SSSR count). The van der Waals surface area contributed by atoms with Crippen LogP contribution in [0.1, 0.15) is 40.3 Å². The van der Waals surface area contributed by atoms with Crippen LogP contribution in [-0.4, -0.2) is 31.2 Å². The van der Waals surface area contributed by atoms with Crippen molar-refractivity contribution in [3.05, 3.63) is 58.1 Å². The van der Waals surface area contributed by atoms with E-state index in [-0.39, 0.29) is 18.7 Å². The molecule has 0 aliphatic carbocycles. The SMILES string of the molecule is COc1ccc(C(CC(=O)O)NC(=O)Cc2c(C)cc(C)cc2C)c(OC)c1. The van der Waals surface area contributed by atoms with E-state index in [4.69, 9.17) is 9.47 Å². The van der Waals surface area contributed by atoms with Crippen molar-refractivity contribution in [3.63, 3.8) is 0 Å². The quantitative estimate of drug-likeness (QED) is 0.726. The van der Waals surface area contributed by atoms with Gasteiger partial charge in [0.2, 0.25) is 5.91 Å². The Hall–Kier alpha value is -3.02. The van der Waals surface area contributed by atoms with Crippen LogP contribution in [0.25, 0.3) is 0 Å². The fraction of sp³-hybridized carbons (Fsp3) is 0.364. The van der Waals surface area contributed by atoms with E-state index in [1.165, 1.54) is 14.2 Å². The van der Waals surface area contributed by atoms with Gasteiger partial charge in [-0.1, -0.05) is 17.7 Å². The van der Waals surface area contributed by atoms with Gasteiger partial charge in [0.25, 0.3) is 0 Å². The minimum absolute atomic E-state index is 0.187. The van der Waals surface area contributed by atoms with Crippen LogP contribution >= 0.6 is 0 Å². The van der Waals surface area contributed by atoms with E-state index in [1.54, 1.807) is 18.2 Å². The minimum Gasteiger partial charge on any atom is -0.497 e. The van der Waals surface area contributed by atoms with Gasteiger partial charge < -0.3 is 19.9 Å². The summed E-state index contributed by atoms with van der Waals surface area (Å²) in [6.45, 7) is 5.97. The zero-order valence-corrected chi connectivity index (χ0v) is 17.0. The number of hydrogen-bond donors (Lipinski definition) is 2. The van der Waals surface area contributed by atoms with Gasteiger partial charge in [-0.3, -0.25) is 9.59 Å². The number of hydrogen-bond acceptors (Lipinski definition) is 4. The van der Waals surface area contributed by atoms with Gasteiger partial charge in [0.1, 0.15) is 11.5 Å². The summed E-state index contributed by atoms with van der Waals surface area (Å²) < 4.78 is 10.6. The molecular formula is C22H27NO5. The van der Waals surface area contributed by atoms with Crippen molar-refractivity contribution in [2.75, 3.05) is 14.2 Å². The number of carbonyl (C=O) groups excluding carboxylic acids is 1. The lowest BCUT2D eigenvalue weighted by Crippen LogP contribution is -2.32. The van der Waals surface area contributed by atoms with Crippen LogP contribution in [0.15, 0.2) is 30.3 Å². The second-order valence-electron chi connectivity index (χ2n) is 6.88. The number of aliphatic carboxylic acids is 1. The highest BCUT2D eigenvalue weighted by Crippen LogP contribution is 2.31. The van der Waals surface area contributed by atoms with Crippen LogP contribution in [0.3, 0.4) is 0 Å². The van der Waals surface area contributed by atoms with Crippen LogP contribution in [0.4, 0.5) is 0 Å². The molecular weight excluding hydrogens is 358 g/mol. The van der Waals surface area contributed by atoms with Crippen molar-refractivity contribution in [3.8, 4) is 11.5 Å². The fourth-order valence-electron chi connectivity index (χ4n) is 3.41. The first-order chi connectivity index (χ1) is 13.2. The molecule has 6 heteroatoms. The number of rotatable bonds is 8. The molecule has 1 unspecified atom stereocenters. The van der Waals surface area contributed by atoms with Gasteiger partial charge in [0, 0.05) is 11.6 Å². The van der Waals surface area contributed by atoms with E-state index in [0.717, 1.165) is 22.3 Å². The maximum absolute atomic E-state index is 12.7. The molecule has 1 amide bonds. The average molecular weight is 385 g/mol. The number of carboxylic acid groups (broad SMARTS) is 1. The molecule has 0 saturated heterocycles. The van der Waals surface area contributed by atoms with Gasteiger partial charge in [-0.05, 0) is 49.6 Å². The third-order valence-corrected chi connectivity index (χ3v) is 4.71. The average Bonchev–Trinajstić information content (AvgIpc) is 2.63. The Bertz CT molecular complexity index is 852. The highest BCUT2D eigenvalue weighted by Gasteiger charge is 2.22. The molecule has 6 nitrogen and oxygen atoms in total. The largest absolute Gasteiger partial charge is 0.497 e. The number of aryl methyl sites for hydroxylation is 3. The minimum atomic E-state index is -1.01. The zero-order chi connectivity index (χ0) is 20.8. The van der Waals surface area contributed by atoms with Gasteiger partial charge in [-0.2, -0.15) is 0 Å². The lowest BCUT2D eigenvalue weighted by Gasteiger charge is -2.21. The fourth-order valence-corrected chi connectivity index (χ4v) is 3.41. The van der Waals surface area contributed by atoms with Crippen LogP contribution in [0.5, 0.6) is 11.5 Å². The molecule has 0 bridgehead atoms. The van der Waals surface area contributed by atoms with Crippen molar-refractivity contribution in [2.24, 2.45) is 0 Å². The molecule has 0 aliphatic rings. The Kier molecular flexibility index (Phi) is 7.04. The Morgan fingerprint density at radius 2 is 1.68 bits per heavy atom. The molecule has 0 aromatic heterocycles. The summed E-state index contributed by atoms with van der Waals surface area (Å²) in [5, 5.41) is 12.2. The first-order valence-corrected chi connectivity index (χ1v) is 9.05. The number of carboxylic acids is 1. The molecule has 28 heavy (non-hydrogen) atoms. The molecule has 2 aromatic carbocycles. The molecule has 0 radical (unpaired) electrons. The predicted octanol–water partition coefficient (Wildman–Crippen LogP) is 3.50. The third-order valence-electron chi connectivity index (χ3n) is 4.71. The maximum atomic E-state index is 12.7.